The number of allylic oxidation sites excluding steroid dienone is 1. The maximum atomic E-state index is 13.3. The third kappa shape index (κ3) is 7.73. The van der Waals surface area contributed by atoms with Gasteiger partial charge in [0.05, 0.1) is 10.6 Å². The molecule has 1 unspecified atom stereocenters. The molecule has 1 atom stereocenters. The number of hydrogen-bond acceptors (Lipinski definition) is 6. The van der Waals surface area contributed by atoms with E-state index in [9.17, 15) is 4.79 Å². The van der Waals surface area contributed by atoms with Crippen LogP contribution in [0, 0.1) is 0 Å². The fourth-order valence-corrected chi connectivity index (χ4v) is 5.89. The Balaban J connectivity index is 1.32. The van der Waals surface area contributed by atoms with Gasteiger partial charge >= 0.3 is 6.03 Å². The lowest BCUT2D eigenvalue weighted by molar-refractivity contribution is -0.159. The van der Waals surface area contributed by atoms with Crippen molar-refractivity contribution in [3.8, 4) is 0 Å². The number of benzene rings is 2. The van der Waals surface area contributed by atoms with Gasteiger partial charge in [-0.3, -0.25) is 4.90 Å². The molecular formula is C33H43ClN6O2. The number of aryl methyl sites for hydroxylation is 2. The van der Waals surface area contributed by atoms with E-state index in [1.54, 1.807) is 6.08 Å². The van der Waals surface area contributed by atoms with E-state index >= 15 is 0 Å². The molecule has 4 N–H and O–H groups in total. The Morgan fingerprint density at radius 3 is 2.69 bits per heavy atom. The van der Waals surface area contributed by atoms with Crippen molar-refractivity contribution in [2.75, 3.05) is 29.0 Å². The first-order chi connectivity index (χ1) is 20.0. The first kappa shape index (κ1) is 30.1. The van der Waals surface area contributed by atoms with Crippen molar-refractivity contribution < 1.29 is 9.53 Å². The summed E-state index contributed by atoms with van der Waals surface area (Å²) >= 11 is 6.50. The van der Waals surface area contributed by atoms with Gasteiger partial charge in [0.2, 0.25) is 0 Å². The van der Waals surface area contributed by atoms with Crippen LogP contribution >= 0.6 is 11.6 Å². The van der Waals surface area contributed by atoms with Gasteiger partial charge in [-0.25, -0.2) is 9.79 Å². The van der Waals surface area contributed by atoms with E-state index in [1.807, 2.05) is 37.3 Å². The van der Waals surface area contributed by atoms with Gasteiger partial charge in [-0.2, -0.15) is 0 Å². The first-order valence-corrected chi connectivity index (χ1v) is 15.3. The quantitative estimate of drug-likeness (QED) is 0.295. The number of ether oxygens (including phenoxy) is 1. The largest absolute Gasteiger partial charge is 0.355 e. The summed E-state index contributed by atoms with van der Waals surface area (Å²) in [6.07, 6.45) is 7.41. The highest BCUT2D eigenvalue weighted by Crippen LogP contribution is 2.46. The topological polar surface area (TPSA) is 90.0 Å². The lowest BCUT2D eigenvalue weighted by atomic mass is 10.0. The van der Waals surface area contributed by atoms with Gasteiger partial charge < -0.3 is 26.0 Å². The van der Waals surface area contributed by atoms with Crippen LogP contribution in [0.2, 0.25) is 0 Å². The number of nitrogens with zero attached hydrogens (tertiary/aromatic N) is 2. The minimum atomic E-state index is -0.194. The number of hydrogen-bond donors (Lipinski definition) is 4. The molecule has 2 amide bonds. The second-order valence-electron chi connectivity index (χ2n) is 12.4. The summed E-state index contributed by atoms with van der Waals surface area (Å²) in [7, 11) is 0. The van der Waals surface area contributed by atoms with E-state index in [1.165, 1.54) is 5.56 Å². The smallest absolute Gasteiger partial charge is 0.319 e. The maximum Gasteiger partial charge on any atom is 0.319 e. The molecule has 3 aliphatic rings. The number of rotatable bonds is 5. The second kappa shape index (κ2) is 12.5. The summed E-state index contributed by atoms with van der Waals surface area (Å²) in [5.41, 5.74) is 4.33. The molecule has 4 bridgehead atoms. The summed E-state index contributed by atoms with van der Waals surface area (Å²) in [6, 6.07) is 14.0. The van der Waals surface area contributed by atoms with E-state index in [0.29, 0.717) is 16.7 Å². The van der Waals surface area contributed by atoms with E-state index < -0.39 is 0 Å². The van der Waals surface area contributed by atoms with Crippen molar-refractivity contribution >= 4 is 40.5 Å². The molecule has 8 nitrogen and oxygen atoms in total. The number of likely N-dealkylation sites (tertiary alicyclic amines) is 1. The van der Waals surface area contributed by atoms with Crippen LogP contribution in [0.4, 0.5) is 21.9 Å². The van der Waals surface area contributed by atoms with Crippen LogP contribution in [0.25, 0.3) is 0 Å². The number of amides is 2. The van der Waals surface area contributed by atoms with Gasteiger partial charge in [-0.05, 0) is 108 Å². The van der Waals surface area contributed by atoms with Crippen molar-refractivity contribution in [1.82, 2.24) is 10.2 Å². The number of carbonyl (C=O) groups excluding carboxylic acids is 1. The summed E-state index contributed by atoms with van der Waals surface area (Å²) in [5, 5.41) is 13.4. The third-order valence-electron chi connectivity index (χ3n) is 7.75. The number of urea groups is 1. The molecule has 2 fully saturated rings. The highest BCUT2D eigenvalue weighted by atomic mass is 35.5. The number of anilines is 3. The molecule has 1 saturated carbocycles. The molecule has 2 aromatic carbocycles. The van der Waals surface area contributed by atoms with Crippen molar-refractivity contribution in [3.63, 3.8) is 0 Å². The lowest BCUT2D eigenvalue weighted by Crippen LogP contribution is -2.54. The van der Waals surface area contributed by atoms with E-state index in [2.05, 4.69) is 70.6 Å². The zero-order valence-corrected chi connectivity index (χ0v) is 25.9. The van der Waals surface area contributed by atoms with E-state index in [0.717, 1.165) is 74.2 Å². The number of aliphatic imine (C=N–C) groups is 1. The summed E-state index contributed by atoms with van der Waals surface area (Å²) < 4.78 is 6.45. The molecule has 2 aromatic rings. The molecule has 5 rings (SSSR count). The van der Waals surface area contributed by atoms with Crippen molar-refractivity contribution in [2.45, 2.75) is 83.6 Å². The van der Waals surface area contributed by atoms with Crippen LogP contribution in [-0.2, 0) is 17.6 Å². The maximum absolute atomic E-state index is 13.3. The van der Waals surface area contributed by atoms with Crippen LogP contribution in [0.3, 0.4) is 0 Å². The average Bonchev–Trinajstić information content (AvgIpc) is 3.71. The Kier molecular flexibility index (Phi) is 8.97. The van der Waals surface area contributed by atoms with Gasteiger partial charge in [0.25, 0.3) is 0 Å². The number of halogens is 1. The number of amidine groups is 1. The average molecular weight is 591 g/mol. The minimum Gasteiger partial charge on any atom is -0.355 e. The Hall–Kier alpha value is -3.33. The third-order valence-corrected chi connectivity index (χ3v) is 8.15. The fraction of sp³-hybridized carbons (Fsp3) is 0.455. The monoisotopic (exact) mass is 590 g/mol. The normalized spacial score (nSPS) is 22.2. The van der Waals surface area contributed by atoms with Gasteiger partial charge in [0, 0.05) is 36.2 Å². The standard InChI is InChI=1S/C33H43ClN6O2/c1-6-28(34)30-36-22(2)35-25-10-7-9-23(19-25)12-13-24-20-26(37-30)14-15-29(24)39-31(41)38-27-11-8-18-40(21-27)33(16-17-33)42-32(3,4)5/h6-7,9-10,14-15,19-20,27,35H,2,8,11-13,16-18,21H2,1,3-5H3,(H,36,37)(H2,38,39,41)/b28-6+. The molecule has 0 radical (unpaired) electrons. The number of piperidine rings is 1. The molecule has 1 saturated heterocycles. The minimum absolute atomic E-state index is 0.0656. The molecular weight excluding hydrogens is 548 g/mol. The zero-order chi connectivity index (χ0) is 29.9. The van der Waals surface area contributed by atoms with Crippen LogP contribution in [-0.4, -0.2) is 47.2 Å². The van der Waals surface area contributed by atoms with Crippen molar-refractivity contribution in [3.05, 3.63) is 77.1 Å². The highest BCUT2D eigenvalue weighted by molar-refractivity contribution is 6.45. The molecule has 0 spiro atoms. The Morgan fingerprint density at radius 1 is 1.17 bits per heavy atom. The van der Waals surface area contributed by atoms with E-state index in [4.69, 9.17) is 16.3 Å². The second-order valence-corrected chi connectivity index (χ2v) is 12.8. The molecule has 2 heterocycles. The lowest BCUT2D eigenvalue weighted by Gasteiger charge is -2.41. The zero-order valence-electron chi connectivity index (χ0n) is 25.1. The summed E-state index contributed by atoms with van der Waals surface area (Å²) in [5.74, 6) is 0.963. The van der Waals surface area contributed by atoms with Crippen LogP contribution in [0.1, 0.15) is 64.5 Å². The van der Waals surface area contributed by atoms with Crippen LogP contribution in [0.5, 0.6) is 0 Å². The van der Waals surface area contributed by atoms with Gasteiger partial charge in [-0.15, -0.1) is 0 Å². The molecule has 9 heteroatoms. The van der Waals surface area contributed by atoms with Crippen LogP contribution in [0.15, 0.2) is 71.0 Å². The Labute approximate surface area is 254 Å². The SMILES string of the molecule is C=C1/N=C(\C(Cl)=C/C)Nc2ccc(NC(=O)NC3CCCN(C4(OC(C)(C)C)CC4)C3)c(c2)CCc2cccc(c2)N1. The van der Waals surface area contributed by atoms with Crippen molar-refractivity contribution in [2.24, 2.45) is 4.99 Å². The molecule has 0 aromatic heterocycles. The van der Waals surface area contributed by atoms with Crippen molar-refractivity contribution in [1.29, 1.82) is 0 Å². The predicted molar refractivity (Wildman–Crippen MR) is 173 cm³/mol. The first-order valence-electron chi connectivity index (χ1n) is 14.9. The molecule has 1 aliphatic carbocycles. The molecule has 2 aliphatic heterocycles. The molecule has 42 heavy (non-hydrogen) atoms. The fourth-order valence-electron chi connectivity index (χ4n) is 5.80. The Bertz CT molecular complexity index is 1390. The van der Waals surface area contributed by atoms with Gasteiger partial charge in [-0.1, -0.05) is 36.4 Å². The highest BCUT2D eigenvalue weighted by Gasteiger charge is 2.52. The van der Waals surface area contributed by atoms with Gasteiger partial charge in [0.15, 0.2) is 5.84 Å². The number of nitrogens with one attached hydrogen (secondary N) is 4. The summed E-state index contributed by atoms with van der Waals surface area (Å²) in [4.78, 5) is 20.3. The molecule has 224 valence electrons. The van der Waals surface area contributed by atoms with E-state index in [-0.39, 0.29) is 23.4 Å². The Morgan fingerprint density at radius 2 is 1.95 bits per heavy atom. The number of carbonyl (C=O) groups is 1. The van der Waals surface area contributed by atoms with Gasteiger partial charge in [0.1, 0.15) is 11.5 Å². The predicted octanol–water partition coefficient (Wildman–Crippen LogP) is 7.21. The van der Waals surface area contributed by atoms with Crippen LogP contribution < -0.4 is 21.3 Å². The summed E-state index contributed by atoms with van der Waals surface area (Å²) in [6.45, 7) is 14.0. The number of fused-ring (bicyclic) bond motifs is 4.